The molecule has 0 aromatic heterocycles. The fraction of sp³-hybridized carbons (Fsp3) is 1.00. The Labute approximate surface area is 160 Å². The van der Waals surface area contributed by atoms with Crippen LogP contribution in [0.1, 0.15) is 71.6 Å². The highest BCUT2D eigenvalue weighted by molar-refractivity contribution is 7.85. The molecule has 0 saturated carbocycles. The first-order valence-corrected chi connectivity index (χ1v) is 11.8. The largest absolute Gasteiger partial charge is 0.379 e. The zero-order valence-corrected chi connectivity index (χ0v) is 17.6. The molecule has 0 amide bonds. The minimum absolute atomic E-state index is 0.265. The topological polar surface area (TPSA) is 82.1 Å². The molecule has 0 radical (unpaired) electrons. The van der Waals surface area contributed by atoms with E-state index in [1.165, 1.54) is 51.4 Å². The molecule has 1 atom stereocenters. The highest BCUT2D eigenvalue weighted by Crippen LogP contribution is 2.17. The standard InChI is InChI=1S/C19H40O6S/c1-3-5-7-8-11-19(10-6-4-2)18-25-16-15-24-14-13-23-12-9-17-26(20,21)22/h19H,3-18H2,1-2H3,(H,20,21,22). The summed E-state index contributed by atoms with van der Waals surface area (Å²) in [6.45, 7) is 7.62. The molecular formula is C19H40O6S. The molecule has 0 saturated heterocycles. The van der Waals surface area contributed by atoms with Crippen molar-refractivity contribution in [2.75, 3.05) is 45.4 Å². The number of unbranched alkanes of at least 4 members (excludes halogenated alkanes) is 4. The van der Waals surface area contributed by atoms with Crippen molar-refractivity contribution in [3.8, 4) is 0 Å². The Morgan fingerprint density at radius 2 is 1.31 bits per heavy atom. The molecule has 0 aliphatic carbocycles. The van der Waals surface area contributed by atoms with Crippen LogP contribution >= 0.6 is 0 Å². The van der Waals surface area contributed by atoms with Gasteiger partial charge in [-0.1, -0.05) is 52.4 Å². The molecule has 0 aromatic carbocycles. The number of hydrogen-bond donors (Lipinski definition) is 1. The first kappa shape index (κ1) is 25.8. The monoisotopic (exact) mass is 396 g/mol. The van der Waals surface area contributed by atoms with Crippen molar-refractivity contribution in [3.05, 3.63) is 0 Å². The van der Waals surface area contributed by atoms with Crippen LogP contribution in [-0.2, 0) is 24.3 Å². The summed E-state index contributed by atoms with van der Waals surface area (Å²) in [6, 6.07) is 0. The summed E-state index contributed by atoms with van der Waals surface area (Å²) in [6.07, 6.45) is 10.5. The number of ether oxygens (including phenoxy) is 3. The molecule has 26 heavy (non-hydrogen) atoms. The van der Waals surface area contributed by atoms with E-state index in [2.05, 4.69) is 13.8 Å². The van der Waals surface area contributed by atoms with Crippen molar-refractivity contribution >= 4 is 10.1 Å². The van der Waals surface area contributed by atoms with Crippen LogP contribution in [0.4, 0.5) is 0 Å². The zero-order chi connectivity index (χ0) is 19.5. The van der Waals surface area contributed by atoms with Gasteiger partial charge in [0.25, 0.3) is 10.1 Å². The van der Waals surface area contributed by atoms with Crippen molar-refractivity contribution in [1.29, 1.82) is 0 Å². The Hall–Kier alpha value is -0.210. The molecule has 0 heterocycles. The lowest BCUT2D eigenvalue weighted by molar-refractivity contribution is 0.00580. The van der Waals surface area contributed by atoms with Crippen LogP contribution in [0.3, 0.4) is 0 Å². The van der Waals surface area contributed by atoms with E-state index in [0.717, 1.165) is 6.61 Å². The number of rotatable bonds is 20. The molecule has 0 bridgehead atoms. The second-order valence-electron chi connectivity index (χ2n) is 6.80. The fourth-order valence-electron chi connectivity index (χ4n) is 2.70. The molecule has 1 unspecified atom stereocenters. The quantitative estimate of drug-likeness (QED) is 0.246. The summed E-state index contributed by atoms with van der Waals surface area (Å²) in [4.78, 5) is 0. The third-order valence-electron chi connectivity index (χ3n) is 4.22. The normalized spacial score (nSPS) is 13.2. The van der Waals surface area contributed by atoms with Gasteiger partial charge in [-0.3, -0.25) is 4.55 Å². The summed E-state index contributed by atoms with van der Waals surface area (Å²) >= 11 is 0. The molecule has 158 valence electrons. The molecule has 6 nitrogen and oxygen atoms in total. The third kappa shape index (κ3) is 20.1. The molecule has 0 aromatic rings. The molecular weight excluding hydrogens is 356 g/mol. The average Bonchev–Trinajstić information content (AvgIpc) is 2.59. The van der Waals surface area contributed by atoms with E-state index in [-0.39, 0.29) is 5.75 Å². The first-order chi connectivity index (χ1) is 12.5. The SMILES string of the molecule is CCCCCCC(CCCC)COCCOCCOCCCS(=O)(=O)O. The Kier molecular flexibility index (Phi) is 18.0. The predicted octanol–water partition coefficient (Wildman–Crippen LogP) is 4.09. The number of hydrogen-bond acceptors (Lipinski definition) is 5. The molecule has 0 aliphatic rings. The smallest absolute Gasteiger partial charge is 0.264 e. The van der Waals surface area contributed by atoms with Gasteiger partial charge in [0.05, 0.1) is 32.2 Å². The van der Waals surface area contributed by atoms with Crippen molar-refractivity contribution in [1.82, 2.24) is 0 Å². The van der Waals surface area contributed by atoms with E-state index in [1.54, 1.807) is 0 Å². The molecule has 0 spiro atoms. The van der Waals surface area contributed by atoms with E-state index >= 15 is 0 Å². The fourth-order valence-corrected chi connectivity index (χ4v) is 3.18. The van der Waals surface area contributed by atoms with Crippen molar-refractivity contribution in [3.63, 3.8) is 0 Å². The lowest BCUT2D eigenvalue weighted by Gasteiger charge is -2.17. The molecule has 1 N–H and O–H groups in total. The second-order valence-corrected chi connectivity index (χ2v) is 8.37. The summed E-state index contributed by atoms with van der Waals surface area (Å²) in [7, 11) is -3.88. The Morgan fingerprint density at radius 1 is 0.731 bits per heavy atom. The third-order valence-corrected chi connectivity index (χ3v) is 5.02. The second kappa shape index (κ2) is 18.2. The minimum atomic E-state index is -3.88. The van der Waals surface area contributed by atoms with E-state index in [9.17, 15) is 8.42 Å². The Morgan fingerprint density at radius 3 is 1.92 bits per heavy atom. The van der Waals surface area contributed by atoms with E-state index in [1.807, 2.05) is 0 Å². The van der Waals surface area contributed by atoms with Crippen LogP contribution in [-0.4, -0.2) is 58.4 Å². The summed E-state index contributed by atoms with van der Waals surface area (Å²) in [5, 5.41) is 0. The van der Waals surface area contributed by atoms with Gasteiger partial charge in [0.15, 0.2) is 0 Å². The summed E-state index contributed by atoms with van der Waals surface area (Å²) < 4.78 is 46.1. The van der Waals surface area contributed by atoms with Crippen LogP contribution in [0.2, 0.25) is 0 Å². The zero-order valence-electron chi connectivity index (χ0n) is 16.8. The van der Waals surface area contributed by atoms with Gasteiger partial charge in [-0.25, -0.2) is 0 Å². The van der Waals surface area contributed by atoms with Crippen LogP contribution in [0.15, 0.2) is 0 Å². The summed E-state index contributed by atoms with van der Waals surface area (Å²) in [5.74, 6) is 0.400. The van der Waals surface area contributed by atoms with Crippen LogP contribution < -0.4 is 0 Å². The molecule has 0 aliphatic heterocycles. The predicted molar refractivity (Wildman–Crippen MR) is 105 cm³/mol. The lowest BCUT2D eigenvalue weighted by Crippen LogP contribution is -2.15. The van der Waals surface area contributed by atoms with Crippen LogP contribution in [0, 0.1) is 5.92 Å². The minimum Gasteiger partial charge on any atom is -0.379 e. The molecule has 0 fully saturated rings. The van der Waals surface area contributed by atoms with Gasteiger partial charge >= 0.3 is 0 Å². The maximum Gasteiger partial charge on any atom is 0.264 e. The maximum absolute atomic E-state index is 10.5. The van der Waals surface area contributed by atoms with Gasteiger partial charge in [-0.2, -0.15) is 8.42 Å². The molecule has 7 heteroatoms. The highest BCUT2D eigenvalue weighted by Gasteiger charge is 2.08. The summed E-state index contributed by atoms with van der Waals surface area (Å²) in [5.41, 5.74) is 0. The van der Waals surface area contributed by atoms with Crippen LogP contribution in [0.5, 0.6) is 0 Å². The Balaban J connectivity index is 3.50. The van der Waals surface area contributed by atoms with Gasteiger partial charge in [0.2, 0.25) is 0 Å². The Bertz CT molecular complexity index is 385. The van der Waals surface area contributed by atoms with Crippen molar-refractivity contribution in [2.45, 2.75) is 71.6 Å². The van der Waals surface area contributed by atoms with Crippen LogP contribution in [0.25, 0.3) is 0 Å². The van der Waals surface area contributed by atoms with E-state index in [4.69, 9.17) is 18.8 Å². The first-order valence-electron chi connectivity index (χ1n) is 10.2. The lowest BCUT2D eigenvalue weighted by atomic mass is 9.96. The van der Waals surface area contributed by atoms with Crippen molar-refractivity contribution < 1.29 is 27.2 Å². The average molecular weight is 397 g/mol. The van der Waals surface area contributed by atoms with Gasteiger partial charge in [0, 0.05) is 13.2 Å². The maximum atomic E-state index is 10.5. The van der Waals surface area contributed by atoms with Gasteiger partial charge in [-0.15, -0.1) is 0 Å². The van der Waals surface area contributed by atoms with E-state index in [0.29, 0.717) is 45.4 Å². The van der Waals surface area contributed by atoms with Gasteiger partial charge < -0.3 is 14.2 Å². The van der Waals surface area contributed by atoms with E-state index < -0.39 is 10.1 Å². The van der Waals surface area contributed by atoms with Gasteiger partial charge in [-0.05, 0) is 25.2 Å². The van der Waals surface area contributed by atoms with Crippen molar-refractivity contribution in [2.24, 2.45) is 5.92 Å². The molecule has 0 rings (SSSR count). The van der Waals surface area contributed by atoms with Gasteiger partial charge in [0.1, 0.15) is 0 Å². The highest BCUT2D eigenvalue weighted by atomic mass is 32.2.